The third-order valence-electron chi connectivity index (χ3n) is 5.44. The Morgan fingerprint density at radius 1 is 1.11 bits per heavy atom. The molecule has 0 atom stereocenters. The molecule has 0 saturated carbocycles. The number of aryl methyl sites for hydroxylation is 1. The first kappa shape index (κ1) is 24.0. The van der Waals surface area contributed by atoms with Gasteiger partial charge < -0.3 is 19.5 Å². The van der Waals surface area contributed by atoms with E-state index in [1.165, 1.54) is 31.0 Å². The molecule has 9 nitrogen and oxygen atoms in total. The highest BCUT2D eigenvalue weighted by Crippen LogP contribution is 2.27. The third-order valence-corrected chi connectivity index (χ3v) is 5.44. The van der Waals surface area contributed by atoms with Crippen LogP contribution in [-0.4, -0.2) is 38.1 Å². The molecule has 0 unspecified atom stereocenters. The number of ether oxygens (including phenoxy) is 1. The highest BCUT2D eigenvalue weighted by molar-refractivity contribution is 5.74. The molecule has 35 heavy (non-hydrogen) atoms. The molecule has 0 radical (unpaired) electrons. The standard InChI is InChI=1S/C22H19F4N5O4/c1-12(32)30-8-7-16-17(11-30)20(33)31(14-3-5-15(6-4-14)35-22(24,25)26)28-19(16)27-18-9-13(23)10-29(2)21(18)34/h3-6,9-10H,7-8,11H2,1-2H3,(H,27,28). The van der Waals surface area contributed by atoms with Crippen molar-refractivity contribution >= 4 is 17.4 Å². The number of amides is 1. The van der Waals surface area contributed by atoms with Gasteiger partial charge in [-0.2, -0.15) is 4.68 Å². The number of pyridine rings is 1. The molecule has 2 aromatic heterocycles. The van der Waals surface area contributed by atoms with Gasteiger partial charge in [-0.05, 0) is 30.7 Å². The van der Waals surface area contributed by atoms with Crippen LogP contribution in [0.1, 0.15) is 18.1 Å². The molecule has 0 bridgehead atoms. The van der Waals surface area contributed by atoms with Gasteiger partial charge in [0.15, 0.2) is 5.82 Å². The van der Waals surface area contributed by atoms with Gasteiger partial charge in [0.25, 0.3) is 11.1 Å². The number of carbonyl (C=O) groups is 1. The second-order valence-corrected chi connectivity index (χ2v) is 7.87. The Balaban J connectivity index is 1.84. The predicted molar refractivity (Wildman–Crippen MR) is 116 cm³/mol. The van der Waals surface area contributed by atoms with E-state index in [4.69, 9.17) is 0 Å². The van der Waals surface area contributed by atoms with Crippen molar-refractivity contribution in [2.24, 2.45) is 7.05 Å². The molecule has 1 aliphatic rings. The maximum Gasteiger partial charge on any atom is 0.573 e. The van der Waals surface area contributed by atoms with E-state index in [1.807, 2.05) is 0 Å². The summed E-state index contributed by atoms with van der Waals surface area (Å²) < 4.78 is 57.2. The first-order valence-corrected chi connectivity index (χ1v) is 10.3. The Bertz CT molecular complexity index is 1410. The fraction of sp³-hybridized carbons (Fsp3) is 0.273. The summed E-state index contributed by atoms with van der Waals surface area (Å²) in [4.78, 5) is 39.1. The first-order valence-electron chi connectivity index (χ1n) is 10.3. The summed E-state index contributed by atoms with van der Waals surface area (Å²) in [5, 5.41) is 7.07. The summed E-state index contributed by atoms with van der Waals surface area (Å²) in [7, 11) is 1.37. The Morgan fingerprint density at radius 3 is 2.43 bits per heavy atom. The lowest BCUT2D eigenvalue weighted by Crippen LogP contribution is -2.40. The number of benzene rings is 1. The smallest absolute Gasteiger partial charge is 0.406 e. The minimum Gasteiger partial charge on any atom is -0.406 e. The minimum atomic E-state index is -4.88. The van der Waals surface area contributed by atoms with E-state index >= 15 is 0 Å². The van der Waals surface area contributed by atoms with E-state index in [0.29, 0.717) is 12.1 Å². The number of hydrogen-bond acceptors (Lipinski definition) is 6. The van der Waals surface area contributed by atoms with Gasteiger partial charge in [-0.3, -0.25) is 14.4 Å². The molecule has 0 saturated heterocycles. The van der Waals surface area contributed by atoms with E-state index in [0.717, 1.165) is 33.6 Å². The maximum atomic E-state index is 13.9. The Kier molecular flexibility index (Phi) is 6.09. The highest BCUT2D eigenvalue weighted by atomic mass is 19.4. The highest BCUT2D eigenvalue weighted by Gasteiger charge is 2.31. The predicted octanol–water partition coefficient (Wildman–Crippen LogP) is 2.62. The number of halogens is 4. The van der Waals surface area contributed by atoms with Crippen LogP contribution in [0.2, 0.25) is 0 Å². The third kappa shape index (κ3) is 5.03. The average Bonchev–Trinajstić information content (AvgIpc) is 2.78. The lowest BCUT2D eigenvalue weighted by atomic mass is 10.0. The van der Waals surface area contributed by atoms with E-state index in [-0.39, 0.29) is 41.6 Å². The first-order chi connectivity index (χ1) is 16.4. The van der Waals surface area contributed by atoms with E-state index in [9.17, 15) is 31.9 Å². The molecule has 1 N–H and O–H groups in total. The van der Waals surface area contributed by atoms with Crippen molar-refractivity contribution in [2.75, 3.05) is 11.9 Å². The van der Waals surface area contributed by atoms with Crippen LogP contribution in [-0.2, 0) is 24.8 Å². The Morgan fingerprint density at radius 2 is 1.80 bits per heavy atom. The van der Waals surface area contributed by atoms with Gasteiger partial charge in [-0.1, -0.05) is 0 Å². The van der Waals surface area contributed by atoms with Crippen molar-refractivity contribution in [3.05, 3.63) is 74.2 Å². The van der Waals surface area contributed by atoms with Crippen LogP contribution in [0.15, 0.2) is 46.1 Å². The molecule has 184 valence electrons. The van der Waals surface area contributed by atoms with Gasteiger partial charge in [-0.25, -0.2) is 4.39 Å². The molecule has 0 spiro atoms. The molecule has 13 heteroatoms. The summed E-state index contributed by atoms with van der Waals surface area (Å²) in [5.74, 6) is -1.34. The molecule has 1 aliphatic heterocycles. The van der Waals surface area contributed by atoms with Crippen LogP contribution < -0.4 is 21.2 Å². The van der Waals surface area contributed by atoms with Crippen LogP contribution in [0.5, 0.6) is 5.75 Å². The molecular weight excluding hydrogens is 474 g/mol. The van der Waals surface area contributed by atoms with Gasteiger partial charge in [0.05, 0.1) is 12.2 Å². The molecule has 4 rings (SSSR count). The van der Waals surface area contributed by atoms with Crippen LogP contribution in [0.4, 0.5) is 29.1 Å². The molecule has 1 amide bonds. The largest absolute Gasteiger partial charge is 0.573 e. The second kappa shape index (κ2) is 8.89. The van der Waals surface area contributed by atoms with E-state index in [2.05, 4.69) is 15.2 Å². The van der Waals surface area contributed by atoms with Crippen LogP contribution in [0.3, 0.4) is 0 Å². The number of alkyl halides is 3. The van der Waals surface area contributed by atoms with E-state index in [1.54, 1.807) is 0 Å². The molecule has 0 aliphatic carbocycles. The van der Waals surface area contributed by atoms with Gasteiger partial charge in [0.2, 0.25) is 5.91 Å². The van der Waals surface area contributed by atoms with Crippen LogP contribution in [0.25, 0.3) is 5.69 Å². The number of carbonyl (C=O) groups excluding carboxylic acids is 1. The topological polar surface area (TPSA) is 98.5 Å². The summed E-state index contributed by atoms with van der Waals surface area (Å²) in [6, 6.07) is 5.44. The van der Waals surface area contributed by atoms with Crippen molar-refractivity contribution in [3.63, 3.8) is 0 Å². The number of nitrogens with one attached hydrogen (secondary N) is 1. The number of rotatable bonds is 4. The molecule has 3 aromatic rings. The summed E-state index contributed by atoms with van der Waals surface area (Å²) in [6.45, 7) is 1.63. The van der Waals surface area contributed by atoms with Gasteiger partial charge in [0, 0.05) is 43.9 Å². The van der Waals surface area contributed by atoms with Crippen molar-refractivity contribution in [2.45, 2.75) is 26.3 Å². The number of anilines is 2. The zero-order valence-corrected chi connectivity index (χ0v) is 18.5. The fourth-order valence-corrected chi connectivity index (χ4v) is 3.78. The Labute approximate surface area is 195 Å². The van der Waals surface area contributed by atoms with Crippen molar-refractivity contribution in [1.82, 2.24) is 19.2 Å². The number of aromatic nitrogens is 3. The number of fused-ring (bicyclic) bond motifs is 1. The summed E-state index contributed by atoms with van der Waals surface area (Å²) in [6.07, 6.45) is -3.63. The van der Waals surface area contributed by atoms with Gasteiger partial charge >= 0.3 is 6.36 Å². The van der Waals surface area contributed by atoms with Crippen LogP contribution in [0, 0.1) is 5.82 Å². The summed E-state index contributed by atoms with van der Waals surface area (Å²) >= 11 is 0. The van der Waals surface area contributed by atoms with Crippen molar-refractivity contribution in [1.29, 1.82) is 0 Å². The van der Waals surface area contributed by atoms with Gasteiger partial charge in [-0.15, -0.1) is 18.3 Å². The summed E-state index contributed by atoms with van der Waals surface area (Å²) in [5.41, 5.74) is -0.486. The lowest BCUT2D eigenvalue weighted by molar-refractivity contribution is -0.274. The molecular formula is C22H19F4N5O4. The van der Waals surface area contributed by atoms with Crippen molar-refractivity contribution < 1.29 is 27.1 Å². The lowest BCUT2D eigenvalue weighted by Gasteiger charge is -2.29. The number of nitrogens with zero attached hydrogens (tertiary/aromatic N) is 4. The van der Waals surface area contributed by atoms with Gasteiger partial charge in [0.1, 0.15) is 17.3 Å². The van der Waals surface area contributed by atoms with E-state index < -0.39 is 29.0 Å². The zero-order chi connectivity index (χ0) is 25.5. The molecule has 1 aromatic carbocycles. The van der Waals surface area contributed by atoms with Crippen molar-refractivity contribution in [3.8, 4) is 11.4 Å². The number of hydrogen-bond donors (Lipinski definition) is 1. The molecule has 3 heterocycles. The fourth-order valence-electron chi connectivity index (χ4n) is 3.78. The average molecular weight is 493 g/mol. The normalized spacial score (nSPS) is 13.4. The quantitative estimate of drug-likeness (QED) is 0.562. The minimum absolute atomic E-state index is 0.0306. The SMILES string of the molecule is CC(=O)N1CCc2c(Nc3cc(F)cn(C)c3=O)nn(-c3ccc(OC(F)(F)F)cc3)c(=O)c2C1. The Hall–Kier alpha value is -4.16. The van der Waals surface area contributed by atoms with Crippen LogP contribution >= 0.6 is 0 Å². The monoisotopic (exact) mass is 493 g/mol. The maximum absolute atomic E-state index is 13.9. The zero-order valence-electron chi connectivity index (χ0n) is 18.5. The molecule has 0 fully saturated rings. The second-order valence-electron chi connectivity index (χ2n) is 7.87.